The number of carbonyl (C=O) groups excluding carboxylic acids is 2. The van der Waals surface area contributed by atoms with Crippen LogP contribution in [0.4, 0.5) is 0 Å². The van der Waals surface area contributed by atoms with E-state index in [1.807, 2.05) is 33.3 Å². The number of likely N-dealkylation sites (N-methyl/N-ethyl adjacent to an activating group) is 1. The zero-order valence-corrected chi connectivity index (χ0v) is 51.5. The van der Waals surface area contributed by atoms with E-state index in [0.717, 1.165) is 64.2 Å². The first-order valence-corrected chi connectivity index (χ1v) is 33.8. The number of amides is 1. The third-order valence-corrected chi connectivity index (χ3v) is 15.6. The maximum absolute atomic E-state index is 13.6. The van der Waals surface area contributed by atoms with Crippen LogP contribution in [0.2, 0.25) is 0 Å². The molecule has 0 fully saturated rings. The minimum Gasteiger partial charge on any atom is -0.456 e. The van der Waals surface area contributed by atoms with Crippen molar-refractivity contribution in [1.82, 2.24) is 5.32 Å². The number of quaternary nitrogens is 1. The Hall–Kier alpha value is -1.77. The quantitative estimate of drug-likeness (QED) is 0.0205. The van der Waals surface area contributed by atoms with Crippen molar-refractivity contribution in [2.45, 2.75) is 328 Å². The van der Waals surface area contributed by atoms with E-state index in [4.69, 9.17) is 13.8 Å². The minimum atomic E-state index is -4.45. The first kappa shape index (κ1) is 73.2. The molecule has 2 N–H and O–H groups in total. The van der Waals surface area contributed by atoms with Gasteiger partial charge in [-0.25, -0.2) is 4.57 Å². The monoisotopic (exact) mass is 1080 g/mol. The Kier molecular flexibility index (Phi) is 54.2. The van der Waals surface area contributed by atoms with E-state index in [1.165, 1.54) is 218 Å². The summed E-state index contributed by atoms with van der Waals surface area (Å²) in [4.78, 5) is 37.8. The number of allylic oxidation sites excluding steroid dienone is 5. The van der Waals surface area contributed by atoms with E-state index >= 15 is 0 Å². The fourth-order valence-corrected chi connectivity index (χ4v) is 10.3. The molecule has 0 saturated heterocycles. The predicted octanol–water partition coefficient (Wildman–Crippen LogP) is 19.9. The first-order valence-electron chi connectivity index (χ1n) is 32.3. The van der Waals surface area contributed by atoms with Gasteiger partial charge in [-0.15, -0.1) is 0 Å². The molecule has 0 spiro atoms. The first-order chi connectivity index (χ1) is 36.4. The second kappa shape index (κ2) is 55.5. The lowest BCUT2D eigenvalue weighted by Gasteiger charge is -2.27. The van der Waals surface area contributed by atoms with Crippen LogP contribution in [-0.4, -0.2) is 74.3 Å². The highest BCUT2D eigenvalue weighted by Gasteiger charge is 2.30. The molecule has 10 heteroatoms. The van der Waals surface area contributed by atoms with Gasteiger partial charge in [0, 0.05) is 12.8 Å². The molecule has 75 heavy (non-hydrogen) atoms. The van der Waals surface area contributed by atoms with Crippen LogP contribution >= 0.6 is 7.82 Å². The normalized spacial score (nSPS) is 13.9. The van der Waals surface area contributed by atoms with Crippen LogP contribution in [0.1, 0.15) is 316 Å². The van der Waals surface area contributed by atoms with Crippen molar-refractivity contribution in [3.63, 3.8) is 0 Å². The van der Waals surface area contributed by atoms with E-state index < -0.39 is 20.0 Å². The molecule has 0 saturated carbocycles. The average Bonchev–Trinajstić information content (AvgIpc) is 3.37. The number of hydrogen-bond donors (Lipinski definition) is 2. The molecule has 0 bridgehead atoms. The summed E-state index contributed by atoms with van der Waals surface area (Å²) in [5.74, 6) is -0.494. The van der Waals surface area contributed by atoms with Crippen molar-refractivity contribution in [3.8, 4) is 0 Å². The summed E-state index contributed by atoms with van der Waals surface area (Å²) in [6.45, 7) is 7.03. The topological polar surface area (TPSA) is 111 Å². The summed E-state index contributed by atoms with van der Waals surface area (Å²) < 4.78 is 30.8. The summed E-state index contributed by atoms with van der Waals surface area (Å²) >= 11 is 0. The fourth-order valence-electron chi connectivity index (χ4n) is 9.56. The second-order valence-corrected chi connectivity index (χ2v) is 24.7. The summed E-state index contributed by atoms with van der Waals surface area (Å²) in [6, 6.07) is -0.847. The summed E-state index contributed by atoms with van der Waals surface area (Å²) in [6.07, 6.45) is 67.0. The third kappa shape index (κ3) is 56.8. The van der Waals surface area contributed by atoms with Crippen LogP contribution in [0.3, 0.4) is 0 Å². The zero-order chi connectivity index (χ0) is 55.0. The molecule has 0 aliphatic heterocycles. The lowest BCUT2D eigenvalue weighted by atomic mass is 10.0. The SMILES string of the molecule is CCCCC/C=C\C/C=C\CCCCCCCCCCCC(=O)NC(COP(=O)(O)OCC[N+](C)(C)C)C(/C=C/CCCCCCCCCCCCC)OC(=O)CCCCCCCCCCCCCCCCCCC. The van der Waals surface area contributed by atoms with Gasteiger partial charge >= 0.3 is 13.8 Å². The minimum absolute atomic E-state index is 0.0418. The smallest absolute Gasteiger partial charge is 0.456 e. The van der Waals surface area contributed by atoms with Gasteiger partial charge < -0.3 is 19.4 Å². The van der Waals surface area contributed by atoms with Gasteiger partial charge in [0.1, 0.15) is 19.3 Å². The Labute approximate surface area is 466 Å². The molecule has 3 atom stereocenters. The van der Waals surface area contributed by atoms with Crippen LogP contribution in [0.15, 0.2) is 36.5 Å². The van der Waals surface area contributed by atoms with Crippen molar-refractivity contribution in [2.75, 3.05) is 40.9 Å². The molecule has 0 heterocycles. The van der Waals surface area contributed by atoms with E-state index in [9.17, 15) is 19.0 Å². The van der Waals surface area contributed by atoms with Gasteiger partial charge in [0.2, 0.25) is 5.91 Å². The number of esters is 1. The number of hydrogen-bond acceptors (Lipinski definition) is 6. The Morgan fingerprint density at radius 1 is 0.467 bits per heavy atom. The zero-order valence-electron chi connectivity index (χ0n) is 50.6. The van der Waals surface area contributed by atoms with Gasteiger partial charge in [-0.1, -0.05) is 276 Å². The second-order valence-electron chi connectivity index (χ2n) is 23.3. The van der Waals surface area contributed by atoms with Gasteiger partial charge in [-0.2, -0.15) is 0 Å². The largest absolute Gasteiger partial charge is 0.472 e. The van der Waals surface area contributed by atoms with Crippen molar-refractivity contribution in [2.24, 2.45) is 0 Å². The van der Waals surface area contributed by atoms with Crippen molar-refractivity contribution in [1.29, 1.82) is 0 Å². The third-order valence-electron chi connectivity index (χ3n) is 14.6. The van der Waals surface area contributed by atoms with E-state index in [0.29, 0.717) is 23.9 Å². The number of ether oxygens (including phenoxy) is 1. The highest BCUT2D eigenvalue weighted by Crippen LogP contribution is 2.43. The molecule has 0 rings (SSSR count). The van der Waals surface area contributed by atoms with Gasteiger partial charge in [0.05, 0.1) is 33.8 Å². The lowest BCUT2D eigenvalue weighted by Crippen LogP contribution is -2.47. The molecule has 9 nitrogen and oxygen atoms in total. The van der Waals surface area contributed by atoms with Crippen molar-refractivity contribution >= 4 is 19.7 Å². The summed E-state index contributed by atoms with van der Waals surface area (Å²) in [7, 11) is 1.51. The Morgan fingerprint density at radius 2 is 0.813 bits per heavy atom. The molecular weight excluding hydrogens is 952 g/mol. The van der Waals surface area contributed by atoms with Gasteiger partial charge in [-0.05, 0) is 63.9 Å². The average molecular weight is 1080 g/mol. The van der Waals surface area contributed by atoms with Crippen LogP contribution in [0, 0.1) is 0 Å². The molecule has 0 aromatic rings. The Morgan fingerprint density at radius 3 is 1.23 bits per heavy atom. The Balaban J connectivity index is 5.23. The number of carbonyl (C=O) groups is 2. The van der Waals surface area contributed by atoms with Crippen molar-refractivity contribution in [3.05, 3.63) is 36.5 Å². The standard InChI is InChI=1S/C65H125N2O7P/c1-7-10-13-16-19-22-25-28-30-32-33-35-36-39-42-45-48-51-54-57-64(68)66-62(61-73-75(70,71)72-60-59-67(4,5)6)63(56-53-50-47-44-41-38-27-24-21-18-15-12-9-3)74-65(69)58-55-52-49-46-43-40-37-34-31-29-26-23-20-17-14-11-8-2/h19,22,28,30,53,56,62-63H,7-18,20-21,23-27,29,31-52,54-55,57-61H2,1-6H3,(H-,66,68,70,71)/p+1/b22-19-,30-28-,56-53+. The molecule has 0 aliphatic rings. The number of phosphoric ester groups is 1. The van der Waals surface area contributed by atoms with E-state index in [-0.39, 0.29) is 25.1 Å². The van der Waals surface area contributed by atoms with Crippen LogP contribution < -0.4 is 5.32 Å². The van der Waals surface area contributed by atoms with Crippen LogP contribution in [0.25, 0.3) is 0 Å². The molecule has 1 amide bonds. The fraction of sp³-hybridized carbons (Fsp3) is 0.877. The number of nitrogens with zero attached hydrogens (tertiary/aromatic N) is 1. The van der Waals surface area contributed by atoms with E-state index in [1.54, 1.807) is 0 Å². The maximum Gasteiger partial charge on any atom is 0.472 e. The molecule has 0 aromatic carbocycles. The van der Waals surface area contributed by atoms with Crippen molar-refractivity contribution < 1.29 is 37.3 Å². The highest BCUT2D eigenvalue weighted by molar-refractivity contribution is 7.47. The molecule has 3 unspecified atom stereocenters. The number of rotatable bonds is 59. The maximum atomic E-state index is 13.6. The molecule has 442 valence electrons. The van der Waals surface area contributed by atoms with Gasteiger partial charge in [-0.3, -0.25) is 18.6 Å². The predicted molar refractivity (Wildman–Crippen MR) is 323 cm³/mol. The van der Waals surface area contributed by atoms with E-state index in [2.05, 4.69) is 50.4 Å². The Bertz CT molecular complexity index is 1380. The lowest BCUT2D eigenvalue weighted by molar-refractivity contribution is -0.870. The number of nitrogens with one attached hydrogen (secondary N) is 1. The molecule has 0 aromatic heterocycles. The van der Waals surface area contributed by atoms with Crippen LogP contribution in [0.5, 0.6) is 0 Å². The van der Waals surface area contributed by atoms with Crippen LogP contribution in [-0.2, 0) is 27.9 Å². The number of phosphoric acid groups is 1. The molecule has 0 radical (unpaired) electrons. The number of unbranched alkanes of at least 4 members (excludes halogenated alkanes) is 39. The summed E-state index contributed by atoms with van der Waals surface area (Å²) in [5, 5.41) is 3.07. The highest BCUT2D eigenvalue weighted by atomic mass is 31.2. The van der Waals surface area contributed by atoms with Gasteiger partial charge in [0.25, 0.3) is 0 Å². The summed E-state index contributed by atoms with van der Waals surface area (Å²) in [5.41, 5.74) is 0. The van der Waals surface area contributed by atoms with Gasteiger partial charge in [0.15, 0.2) is 0 Å². The molecule has 0 aliphatic carbocycles. The molecular formula is C65H126N2O7P+.